The molecule has 0 fully saturated rings. The molecule has 0 saturated carbocycles. The molecule has 0 aromatic rings. The molecule has 11 heavy (non-hydrogen) atoms. The second-order valence-corrected chi connectivity index (χ2v) is 4.04. The molecular formula is C11H20. The SMILES string of the molecule is CC[C@]1(C(C)C)C=CCCC1. The summed E-state index contributed by atoms with van der Waals surface area (Å²) < 4.78 is 0. The van der Waals surface area contributed by atoms with E-state index in [1.165, 1.54) is 25.7 Å². The molecule has 0 aromatic carbocycles. The molecule has 0 nitrogen and oxygen atoms in total. The standard InChI is InChI=1S/C11H20/c1-4-11(10(2)3)8-6-5-7-9-11/h6,8,10H,4-5,7,9H2,1-3H3/t11-/m0/s1. The molecule has 0 spiro atoms. The first-order chi connectivity index (χ1) is 5.21. The summed E-state index contributed by atoms with van der Waals surface area (Å²) in [5.74, 6) is 0.809. The molecule has 0 saturated heterocycles. The third kappa shape index (κ3) is 1.66. The number of hydrogen-bond donors (Lipinski definition) is 0. The highest BCUT2D eigenvalue weighted by atomic mass is 14.3. The first-order valence-electron chi connectivity index (χ1n) is 4.89. The van der Waals surface area contributed by atoms with Gasteiger partial charge in [-0.25, -0.2) is 0 Å². The molecule has 0 heteroatoms. The molecule has 1 rings (SSSR count). The third-order valence-electron chi connectivity index (χ3n) is 3.27. The van der Waals surface area contributed by atoms with Gasteiger partial charge in [-0.3, -0.25) is 0 Å². The number of hydrogen-bond acceptors (Lipinski definition) is 0. The number of allylic oxidation sites excluding steroid dienone is 2. The monoisotopic (exact) mass is 152 g/mol. The smallest absolute Gasteiger partial charge is 0.00977 e. The largest absolute Gasteiger partial charge is 0.0880 e. The molecule has 0 unspecified atom stereocenters. The summed E-state index contributed by atoms with van der Waals surface area (Å²) in [4.78, 5) is 0. The van der Waals surface area contributed by atoms with Crippen LogP contribution in [-0.2, 0) is 0 Å². The summed E-state index contributed by atoms with van der Waals surface area (Å²) in [6, 6.07) is 0. The third-order valence-corrected chi connectivity index (χ3v) is 3.27. The minimum Gasteiger partial charge on any atom is -0.0880 e. The van der Waals surface area contributed by atoms with Gasteiger partial charge in [0.25, 0.3) is 0 Å². The van der Waals surface area contributed by atoms with Crippen LogP contribution in [0.4, 0.5) is 0 Å². The van der Waals surface area contributed by atoms with Gasteiger partial charge in [0.2, 0.25) is 0 Å². The van der Waals surface area contributed by atoms with E-state index in [9.17, 15) is 0 Å². The first-order valence-corrected chi connectivity index (χ1v) is 4.89. The fraction of sp³-hybridized carbons (Fsp3) is 0.818. The highest BCUT2D eigenvalue weighted by Gasteiger charge is 2.29. The van der Waals surface area contributed by atoms with Crippen LogP contribution in [0.2, 0.25) is 0 Å². The van der Waals surface area contributed by atoms with Gasteiger partial charge in [0, 0.05) is 0 Å². The van der Waals surface area contributed by atoms with Crippen molar-refractivity contribution in [1.82, 2.24) is 0 Å². The minimum absolute atomic E-state index is 0.540. The number of rotatable bonds is 2. The summed E-state index contributed by atoms with van der Waals surface area (Å²) in [6.07, 6.45) is 10.2. The van der Waals surface area contributed by atoms with Gasteiger partial charge in [-0.1, -0.05) is 32.9 Å². The Morgan fingerprint density at radius 1 is 1.45 bits per heavy atom. The molecular weight excluding hydrogens is 132 g/mol. The van der Waals surface area contributed by atoms with Crippen molar-refractivity contribution in [2.45, 2.75) is 46.5 Å². The van der Waals surface area contributed by atoms with Crippen LogP contribution in [0, 0.1) is 11.3 Å². The van der Waals surface area contributed by atoms with Crippen molar-refractivity contribution in [3.63, 3.8) is 0 Å². The fourth-order valence-electron chi connectivity index (χ4n) is 2.13. The molecule has 0 N–H and O–H groups in total. The Morgan fingerprint density at radius 2 is 2.18 bits per heavy atom. The lowest BCUT2D eigenvalue weighted by Gasteiger charge is -2.36. The van der Waals surface area contributed by atoms with Gasteiger partial charge in [0.1, 0.15) is 0 Å². The molecule has 64 valence electrons. The quantitative estimate of drug-likeness (QED) is 0.528. The van der Waals surface area contributed by atoms with Crippen LogP contribution in [0.5, 0.6) is 0 Å². The fourth-order valence-corrected chi connectivity index (χ4v) is 2.13. The molecule has 0 heterocycles. The second-order valence-electron chi connectivity index (χ2n) is 4.04. The second kappa shape index (κ2) is 3.42. The maximum absolute atomic E-state index is 2.46. The minimum atomic E-state index is 0.540. The average Bonchev–Trinajstić information content (AvgIpc) is 2.05. The van der Waals surface area contributed by atoms with Gasteiger partial charge in [-0.05, 0) is 37.0 Å². The lowest BCUT2D eigenvalue weighted by Crippen LogP contribution is -2.25. The van der Waals surface area contributed by atoms with E-state index in [1.54, 1.807) is 0 Å². The molecule has 0 aromatic heterocycles. The van der Waals surface area contributed by atoms with Crippen molar-refractivity contribution in [2.75, 3.05) is 0 Å². The van der Waals surface area contributed by atoms with Crippen molar-refractivity contribution in [3.8, 4) is 0 Å². The van der Waals surface area contributed by atoms with E-state index in [2.05, 4.69) is 32.9 Å². The Hall–Kier alpha value is -0.260. The molecule has 0 amide bonds. The topological polar surface area (TPSA) is 0 Å². The lowest BCUT2D eigenvalue weighted by atomic mass is 9.69. The zero-order valence-electron chi connectivity index (χ0n) is 8.06. The average molecular weight is 152 g/mol. The van der Waals surface area contributed by atoms with Gasteiger partial charge in [0.15, 0.2) is 0 Å². The van der Waals surface area contributed by atoms with E-state index in [4.69, 9.17) is 0 Å². The zero-order chi connectivity index (χ0) is 8.32. The van der Waals surface area contributed by atoms with Crippen molar-refractivity contribution in [2.24, 2.45) is 11.3 Å². The van der Waals surface area contributed by atoms with Gasteiger partial charge in [-0.15, -0.1) is 0 Å². The Bertz CT molecular complexity index is 144. The molecule has 1 aliphatic rings. The predicted octanol–water partition coefficient (Wildman–Crippen LogP) is 3.78. The predicted molar refractivity (Wildman–Crippen MR) is 50.6 cm³/mol. The highest BCUT2D eigenvalue weighted by Crippen LogP contribution is 2.40. The summed E-state index contributed by atoms with van der Waals surface area (Å²) in [5.41, 5.74) is 0.540. The van der Waals surface area contributed by atoms with Gasteiger partial charge in [0.05, 0.1) is 0 Å². The van der Waals surface area contributed by atoms with Gasteiger partial charge >= 0.3 is 0 Å². The van der Waals surface area contributed by atoms with E-state index in [1.807, 2.05) is 0 Å². The van der Waals surface area contributed by atoms with Gasteiger partial charge in [-0.2, -0.15) is 0 Å². The summed E-state index contributed by atoms with van der Waals surface area (Å²) in [7, 11) is 0. The van der Waals surface area contributed by atoms with Crippen LogP contribution in [-0.4, -0.2) is 0 Å². The van der Waals surface area contributed by atoms with E-state index >= 15 is 0 Å². The van der Waals surface area contributed by atoms with Crippen LogP contribution >= 0.6 is 0 Å². The molecule has 0 aliphatic heterocycles. The maximum Gasteiger partial charge on any atom is -0.00977 e. The lowest BCUT2D eigenvalue weighted by molar-refractivity contribution is 0.220. The van der Waals surface area contributed by atoms with Crippen LogP contribution < -0.4 is 0 Å². The summed E-state index contributed by atoms with van der Waals surface area (Å²) >= 11 is 0. The van der Waals surface area contributed by atoms with E-state index in [0.29, 0.717) is 5.41 Å². The maximum atomic E-state index is 2.46. The van der Waals surface area contributed by atoms with Crippen LogP contribution in [0.3, 0.4) is 0 Å². The zero-order valence-corrected chi connectivity index (χ0v) is 8.06. The molecule has 1 aliphatic carbocycles. The first kappa shape index (κ1) is 8.83. The summed E-state index contributed by atoms with van der Waals surface area (Å²) in [5, 5.41) is 0. The van der Waals surface area contributed by atoms with Crippen LogP contribution in [0.15, 0.2) is 12.2 Å². The van der Waals surface area contributed by atoms with Crippen LogP contribution in [0.1, 0.15) is 46.5 Å². The Kier molecular flexibility index (Phi) is 2.75. The summed E-state index contributed by atoms with van der Waals surface area (Å²) in [6.45, 7) is 7.01. The van der Waals surface area contributed by atoms with E-state index in [-0.39, 0.29) is 0 Å². The van der Waals surface area contributed by atoms with Crippen molar-refractivity contribution < 1.29 is 0 Å². The Labute approximate surface area is 70.7 Å². The molecule has 0 bridgehead atoms. The van der Waals surface area contributed by atoms with Crippen molar-refractivity contribution in [1.29, 1.82) is 0 Å². The van der Waals surface area contributed by atoms with Crippen LogP contribution in [0.25, 0.3) is 0 Å². The Morgan fingerprint density at radius 3 is 2.45 bits per heavy atom. The van der Waals surface area contributed by atoms with Crippen molar-refractivity contribution >= 4 is 0 Å². The Balaban J connectivity index is 2.73. The highest BCUT2D eigenvalue weighted by molar-refractivity contribution is 5.04. The van der Waals surface area contributed by atoms with Gasteiger partial charge < -0.3 is 0 Å². The van der Waals surface area contributed by atoms with E-state index in [0.717, 1.165) is 5.92 Å². The molecule has 1 atom stereocenters. The van der Waals surface area contributed by atoms with Crippen molar-refractivity contribution in [3.05, 3.63) is 12.2 Å². The molecule has 0 radical (unpaired) electrons. The normalized spacial score (nSPS) is 31.3. The van der Waals surface area contributed by atoms with E-state index < -0.39 is 0 Å².